The van der Waals surface area contributed by atoms with E-state index < -0.39 is 16.0 Å². The molecule has 42 heavy (non-hydrogen) atoms. The highest BCUT2D eigenvalue weighted by Crippen LogP contribution is 2.46. The highest BCUT2D eigenvalue weighted by atomic mass is 32.2. The smallest absolute Gasteiger partial charge is 0.302 e. The second-order valence-electron chi connectivity index (χ2n) is 10.2. The largest absolute Gasteiger partial charge is 0.466 e. The number of amides is 1. The van der Waals surface area contributed by atoms with Crippen LogP contribution in [0.15, 0.2) is 60.7 Å². The maximum atomic E-state index is 13.3. The van der Waals surface area contributed by atoms with Crippen molar-refractivity contribution >= 4 is 49.9 Å². The summed E-state index contributed by atoms with van der Waals surface area (Å²) in [5.74, 6) is -0.910. The Balaban J connectivity index is 1.55. The summed E-state index contributed by atoms with van der Waals surface area (Å²) in [5, 5.41) is 11.3. The molecule has 1 aliphatic rings. The van der Waals surface area contributed by atoms with Gasteiger partial charge in [-0.2, -0.15) is 5.10 Å². The third kappa shape index (κ3) is 6.38. The molecular formula is C30H32FN5O5S. The number of nitrogens with zero attached hydrogens (tertiary/aromatic N) is 3. The van der Waals surface area contributed by atoms with Crippen LogP contribution in [0.1, 0.15) is 48.2 Å². The van der Waals surface area contributed by atoms with E-state index in [1.807, 2.05) is 30.3 Å². The molecule has 0 saturated heterocycles. The maximum absolute atomic E-state index is 13.3. The van der Waals surface area contributed by atoms with Crippen LogP contribution in [0.5, 0.6) is 0 Å². The van der Waals surface area contributed by atoms with Crippen molar-refractivity contribution in [3.63, 3.8) is 0 Å². The number of sulfonamides is 1. The zero-order valence-electron chi connectivity index (χ0n) is 23.6. The Morgan fingerprint density at radius 3 is 2.29 bits per heavy atom. The van der Waals surface area contributed by atoms with E-state index in [1.165, 1.54) is 23.4 Å². The Bertz CT molecular complexity index is 1730. The zero-order chi connectivity index (χ0) is 30.0. The second kappa shape index (κ2) is 11.8. The van der Waals surface area contributed by atoms with Gasteiger partial charge in [0.2, 0.25) is 10.0 Å². The van der Waals surface area contributed by atoms with Gasteiger partial charge in [-0.3, -0.25) is 13.9 Å². The van der Waals surface area contributed by atoms with Crippen molar-refractivity contribution < 1.29 is 27.1 Å². The van der Waals surface area contributed by atoms with Crippen LogP contribution in [0, 0.1) is 5.82 Å². The number of carbonyl (C=O) groups excluding carboxylic acids is 2. The van der Waals surface area contributed by atoms with E-state index in [1.54, 1.807) is 29.9 Å². The monoisotopic (exact) mass is 593 g/mol. The van der Waals surface area contributed by atoms with E-state index in [4.69, 9.17) is 9.84 Å². The van der Waals surface area contributed by atoms with Crippen molar-refractivity contribution in [1.82, 2.24) is 15.1 Å². The van der Waals surface area contributed by atoms with Crippen LogP contribution in [0.2, 0.25) is 0 Å². The second-order valence-corrected chi connectivity index (χ2v) is 12.2. The molecule has 0 unspecified atom stereocenters. The number of halogens is 1. The standard InChI is InChI=1S/C30H32FN5O5S/c1-19(37)41-16-4-15-35(42(3,39)40)28-18-27-26(17-25(28)20-5-6-20)29(30(38)32-2)36(34-27)24-13-11-23(12-14-24)33-22-9-7-21(31)8-10-22/h7-14,17-18,20,33H,4-6,15-16H2,1-3H3,(H,32,38). The minimum Gasteiger partial charge on any atom is -0.466 e. The number of nitrogens with one attached hydrogen (secondary N) is 2. The van der Waals surface area contributed by atoms with Gasteiger partial charge < -0.3 is 15.4 Å². The highest BCUT2D eigenvalue weighted by Gasteiger charge is 2.32. The zero-order valence-corrected chi connectivity index (χ0v) is 24.4. The molecule has 0 bridgehead atoms. The first kappa shape index (κ1) is 29.1. The van der Waals surface area contributed by atoms with Crippen LogP contribution in [0.4, 0.5) is 21.5 Å². The van der Waals surface area contributed by atoms with Gasteiger partial charge >= 0.3 is 5.97 Å². The molecule has 2 N–H and O–H groups in total. The van der Waals surface area contributed by atoms with E-state index in [0.717, 1.165) is 36.0 Å². The molecule has 3 aromatic carbocycles. The molecule has 1 aromatic heterocycles. The Labute approximate surface area is 243 Å². The van der Waals surface area contributed by atoms with Gasteiger partial charge in [0.25, 0.3) is 5.91 Å². The fourth-order valence-corrected chi connectivity index (χ4v) is 5.85. The predicted octanol–water partition coefficient (Wildman–Crippen LogP) is 4.86. The lowest BCUT2D eigenvalue weighted by Gasteiger charge is -2.25. The van der Waals surface area contributed by atoms with Crippen LogP contribution in [0.3, 0.4) is 0 Å². The molecule has 1 heterocycles. The number of rotatable bonds is 11. The molecule has 10 nitrogen and oxygen atoms in total. The van der Waals surface area contributed by atoms with Crippen molar-refractivity contribution in [2.75, 3.05) is 36.1 Å². The SMILES string of the molecule is CNC(=O)c1c2cc(C3CC3)c(N(CCCOC(C)=O)S(C)(=O)=O)cc2nn1-c1ccc(Nc2ccc(F)cc2)cc1. The van der Waals surface area contributed by atoms with Gasteiger partial charge in [-0.05, 0) is 85.0 Å². The number of benzene rings is 3. The van der Waals surface area contributed by atoms with Crippen LogP contribution in [-0.2, 0) is 19.6 Å². The Hall–Kier alpha value is -4.45. The van der Waals surface area contributed by atoms with E-state index in [0.29, 0.717) is 34.4 Å². The lowest BCUT2D eigenvalue weighted by molar-refractivity contribution is -0.140. The van der Waals surface area contributed by atoms with Gasteiger partial charge in [0.05, 0.1) is 29.8 Å². The van der Waals surface area contributed by atoms with Crippen molar-refractivity contribution in [3.05, 3.63) is 77.7 Å². The van der Waals surface area contributed by atoms with Crippen LogP contribution in [0.25, 0.3) is 16.6 Å². The Morgan fingerprint density at radius 2 is 1.71 bits per heavy atom. The average molecular weight is 594 g/mol. The Morgan fingerprint density at radius 1 is 1.07 bits per heavy atom. The molecule has 5 rings (SSSR count). The topological polar surface area (TPSA) is 123 Å². The third-order valence-electron chi connectivity index (χ3n) is 7.00. The lowest BCUT2D eigenvalue weighted by atomic mass is 10.0. The number of hydrogen-bond donors (Lipinski definition) is 2. The third-order valence-corrected chi connectivity index (χ3v) is 8.18. The molecule has 1 amide bonds. The van der Waals surface area contributed by atoms with Gasteiger partial charge in [-0.15, -0.1) is 0 Å². The molecule has 4 aromatic rings. The predicted molar refractivity (Wildman–Crippen MR) is 160 cm³/mol. The summed E-state index contributed by atoms with van der Waals surface area (Å²) < 4.78 is 47.0. The molecule has 0 spiro atoms. The minimum atomic E-state index is -3.67. The summed E-state index contributed by atoms with van der Waals surface area (Å²) in [4.78, 5) is 24.3. The summed E-state index contributed by atoms with van der Waals surface area (Å²) in [6, 6.07) is 16.9. The fraction of sp³-hybridized carbons (Fsp3) is 0.300. The summed E-state index contributed by atoms with van der Waals surface area (Å²) in [6.45, 7) is 1.54. The number of ether oxygens (including phenoxy) is 1. The molecule has 0 aliphatic heterocycles. The first-order chi connectivity index (χ1) is 20.0. The molecular weight excluding hydrogens is 561 g/mol. The summed E-state index contributed by atoms with van der Waals surface area (Å²) in [5.41, 5.74) is 4.27. The van der Waals surface area contributed by atoms with E-state index >= 15 is 0 Å². The first-order valence-corrected chi connectivity index (χ1v) is 15.4. The lowest BCUT2D eigenvalue weighted by Crippen LogP contribution is -2.32. The van der Waals surface area contributed by atoms with E-state index in [-0.39, 0.29) is 30.8 Å². The van der Waals surface area contributed by atoms with Crippen molar-refractivity contribution in [1.29, 1.82) is 0 Å². The number of carbonyl (C=O) groups is 2. The van der Waals surface area contributed by atoms with E-state index in [9.17, 15) is 22.4 Å². The number of fused-ring (bicyclic) bond motifs is 1. The molecule has 1 fully saturated rings. The molecule has 220 valence electrons. The van der Waals surface area contributed by atoms with Crippen LogP contribution in [-0.4, -0.2) is 56.5 Å². The molecule has 0 atom stereocenters. The average Bonchev–Trinajstić information content (AvgIpc) is 3.73. The number of aromatic nitrogens is 2. The quantitative estimate of drug-likeness (QED) is 0.188. The van der Waals surface area contributed by atoms with Gasteiger partial charge in [0.1, 0.15) is 11.5 Å². The van der Waals surface area contributed by atoms with Crippen molar-refractivity contribution in [3.8, 4) is 5.69 Å². The van der Waals surface area contributed by atoms with Gasteiger partial charge in [-0.25, -0.2) is 17.5 Å². The van der Waals surface area contributed by atoms with Crippen LogP contribution < -0.4 is 14.9 Å². The highest BCUT2D eigenvalue weighted by molar-refractivity contribution is 7.92. The van der Waals surface area contributed by atoms with Crippen molar-refractivity contribution in [2.24, 2.45) is 0 Å². The van der Waals surface area contributed by atoms with Gasteiger partial charge in [-0.1, -0.05) is 0 Å². The van der Waals surface area contributed by atoms with Gasteiger partial charge in [0, 0.05) is 43.7 Å². The normalized spacial score (nSPS) is 13.1. The van der Waals surface area contributed by atoms with Gasteiger partial charge in [0.15, 0.2) is 0 Å². The van der Waals surface area contributed by atoms with Crippen LogP contribution >= 0.6 is 0 Å². The summed E-state index contributed by atoms with van der Waals surface area (Å²) in [7, 11) is -2.13. The summed E-state index contributed by atoms with van der Waals surface area (Å²) >= 11 is 0. The minimum absolute atomic E-state index is 0.101. The number of hydrogen-bond acceptors (Lipinski definition) is 7. The first-order valence-electron chi connectivity index (χ1n) is 13.6. The molecule has 12 heteroatoms. The fourth-order valence-electron chi connectivity index (χ4n) is 4.87. The maximum Gasteiger partial charge on any atom is 0.302 e. The number of esters is 1. The summed E-state index contributed by atoms with van der Waals surface area (Å²) in [6.07, 6.45) is 3.30. The van der Waals surface area contributed by atoms with Crippen molar-refractivity contribution in [2.45, 2.75) is 32.1 Å². The Kier molecular flexibility index (Phi) is 8.17. The molecule has 1 saturated carbocycles. The molecule has 1 aliphatic carbocycles. The van der Waals surface area contributed by atoms with E-state index in [2.05, 4.69) is 10.6 Å². The molecule has 0 radical (unpaired) electrons. The number of anilines is 3.